The summed E-state index contributed by atoms with van der Waals surface area (Å²) in [6.07, 6.45) is 2.48. The molecule has 0 radical (unpaired) electrons. The highest BCUT2D eigenvalue weighted by Gasteiger charge is 2.38. The molecular formula is C19H34N6O6. The first-order valence-corrected chi connectivity index (χ1v) is 10.5. The fourth-order valence-corrected chi connectivity index (χ4v) is 3.34. The van der Waals surface area contributed by atoms with Gasteiger partial charge in [-0.2, -0.15) is 0 Å². The van der Waals surface area contributed by atoms with Gasteiger partial charge in [0.2, 0.25) is 23.6 Å². The number of carboxylic acids is 1. The maximum absolute atomic E-state index is 13.1. The molecule has 1 aliphatic rings. The van der Waals surface area contributed by atoms with Crippen molar-refractivity contribution in [1.82, 2.24) is 15.5 Å². The number of unbranched alkanes of at least 4 members (excludes halogenated alkanes) is 1. The summed E-state index contributed by atoms with van der Waals surface area (Å²) in [5.74, 6) is -3.49. The van der Waals surface area contributed by atoms with E-state index in [-0.39, 0.29) is 19.4 Å². The fraction of sp³-hybridized carbons (Fsp3) is 0.737. The van der Waals surface area contributed by atoms with Crippen LogP contribution in [-0.4, -0.2) is 76.9 Å². The van der Waals surface area contributed by atoms with E-state index >= 15 is 0 Å². The highest BCUT2D eigenvalue weighted by molar-refractivity contribution is 5.94. The maximum atomic E-state index is 13.1. The minimum Gasteiger partial charge on any atom is -0.480 e. The molecule has 4 unspecified atom stereocenters. The van der Waals surface area contributed by atoms with E-state index in [1.807, 2.05) is 0 Å². The molecule has 1 rings (SSSR count). The summed E-state index contributed by atoms with van der Waals surface area (Å²) in [7, 11) is 0. The van der Waals surface area contributed by atoms with Gasteiger partial charge in [-0.15, -0.1) is 0 Å². The Hall–Kier alpha value is -2.73. The number of carbonyl (C=O) groups excluding carboxylic acids is 4. The number of hydrogen-bond donors (Lipinski definition) is 6. The molecule has 0 aromatic heterocycles. The van der Waals surface area contributed by atoms with Crippen molar-refractivity contribution in [2.24, 2.45) is 17.2 Å². The molecule has 1 fully saturated rings. The van der Waals surface area contributed by atoms with E-state index < -0.39 is 53.8 Å². The first-order valence-electron chi connectivity index (χ1n) is 10.5. The third-order valence-electron chi connectivity index (χ3n) is 5.17. The molecule has 0 aromatic carbocycles. The van der Waals surface area contributed by atoms with Crippen LogP contribution in [0.3, 0.4) is 0 Å². The number of nitrogens with zero attached hydrogens (tertiary/aromatic N) is 1. The molecule has 0 spiro atoms. The average Bonchev–Trinajstić information content (AvgIpc) is 3.20. The Bertz CT molecular complexity index is 672. The van der Waals surface area contributed by atoms with Gasteiger partial charge in [-0.05, 0) is 45.6 Å². The average molecular weight is 443 g/mol. The number of carboxylic acid groups (broad SMARTS) is 1. The van der Waals surface area contributed by atoms with Gasteiger partial charge in [-0.1, -0.05) is 6.42 Å². The molecule has 12 nitrogen and oxygen atoms in total. The van der Waals surface area contributed by atoms with Gasteiger partial charge in [0.15, 0.2) is 0 Å². The van der Waals surface area contributed by atoms with Crippen molar-refractivity contribution in [3.8, 4) is 0 Å². The summed E-state index contributed by atoms with van der Waals surface area (Å²) in [4.78, 5) is 61.6. The Kier molecular flexibility index (Phi) is 10.9. The number of hydrogen-bond acceptors (Lipinski definition) is 7. The monoisotopic (exact) mass is 442 g/mol. The highest BCUT2D eigenvalue weighted by atomic mass is 16.4. The second-order valence-corrected chi connectivity index (χ2v) is 7.72. The molecule has 0 bridgehead atoms. The first-order chi connectivity index (χ1) is 14.6. The summed E-state index contributed by atoms with van der Waals surface area (Å²) in [6.45, 7) is 2.07. The fourth-order valence-electron chi connectivity index (χ4n) is 3.34. The van der Waals surface area contributed by atoms with Crippen LogP contribution in [0.1, 0.15) is 51.9 Å². The summed E-state index contributed by atoms with van der Waals surface area (Å²) in [5.41, 5.74) is 16.5. The minimum atomic E-state index is -1.19. The Balaban J connectivity index is 2.87. The van der Waals surface area contributed by atoms with Crippen molar-refractivity contribution in [3.63, 3.8) is 0 Å². The van der Waals surface area contributed by atoms with Crippen LogP contribution in [0.2, 0.25) is 0 Å². The Labute approximate surface area is 181 Å². The van der Waals surface area contributed by atoms with Crippen molar-refractivity contribution >= 4 is 29.6 Å². The quantitative estimate of drug-likeness (QED) is 0.171. The van der Waals surface area contributed by atoms with Crippen molar-refractivity contribution in [2.45, 2.75) is 76.0 Å². The van der Waals surface area contributed by atoms with E-state index in [4.69, 9.17) is 22.3 Å². The number of likely N-dealkylation sites (tertiary alicyclic amines) is 1. The SMILES string of the molecule is CC(NC(=O)C1CCCN1C(=O)C(CCC(N)=O)NC(=O)C(N)CCCCN)C(=O)O. The van der Waals surface area contributed by atoms with Crippen molar-refractivity contribution in [2.75, 3.05) is 13.1 Å². The number of carbonyl (C=O) groups is 5. The third-order valence-corrected chi connectivity index (χ3v) is 5.17. The first kappa shape index (κ1) is 26.3. The molecule has 1 aliphatic heterocycles. The van der Waals surface area contributed by atoms with Crippen LogP contribution in [0, 0.1) is 0 Å². The summed E-state index contributed by atoms with van der Waals surface area (Å²) in [5, 5.41) is 13.9. The van der Waals surface area contributed by atoms with Crippen molar-refractivity contribution < 1.29 is 29.1 Å². The van der Waals surface area contributed by atoms with E-state index in [1.54, 1.807) is 0 Å². The van der Waals surface area contributed by atoms with Crippen LogP contribution in [-0.2, 0) is 24.0 Å². The second kappa shape index (κ2) is 12.8. The third kappa shape index (κ3) is 8.50. The van der Waals surface area contributed by atoms with Gasteiger partial charge in [0.25, 0.3) is 0 Å². The molecule has 12 heteroatoms. The zero-order valence-corrected chi connectivity index (χ0v) is 17.8. The molecule has 9 N–H and O–H groups in total. The second-order valence-electron chi connectivity index (χ2n) is 7.72. The molecule has 4 amide bonds. The van der Waals surface area contributed by atoms with Crippen LogP contribution >= 0.6 is 0 Å². The molecule has 1 saturated heterocycles. The molecule has 0 aromatic rings. The van der Waals surface area contributed by atoms with Crippen LogP contribution < -0.4 is 27.8 Å². The number of nitrogens with one attached hydrogen (secondary N) is 2. The van der Waals surface area contributed by atoms with Gasteiger partial charge in [0.1, 0.15) is 18.1 Å². The number of amides is 4. The summed E-state index contributed by atoms with van der Waals surface area (Å²) in [6, 6.07) is -3.89. The number of aliphatic carboxylic acids is 1. The molecule has 0 saturated carbocycles. The van der Waals surface area contributed by atoms with Crippen molar-refractivity contribution in [3.05, 3.63) is 0 Å². The topological polar surface area (TPSA) is 211 Å². The van der Waals surface area contributed by atoms with Gasteiger partial charge >= 0.3 is 5.97 Å². The number of primary amides is 1. The lowest BCUT2D eigenvalue weighted by molar-refractivity contribution is -0.144. The van der Waals surface area contributed by atoms with Gasteiger partial charge in [-0.25, -0.2) is 0 Å². The Morgan fingerprint density at radius 2 is 1.81 bits per heavy atom. The molecule has 31 heavy (non-hydrogen) atoms. The predicted octanol–water partition coefficient (Wildman–Crippen LogP) is -2.23. The van der Waals surface area contributed by atoms with E-state index in [0.29, 0.717) is 38.6 Å². The molecule has 0 aliphatic carbocycles. The largest absolute Gasteiger partial charge is 0.480 e. The zero-order valence-electron chi connectivity index (χ0n) is 17.8. The summed E-state index contributed by atoms with van der Waals surface area (Å²) < 4.78 is 0. The highest BCUT2D eigenvalue weighted by Crippen LogP contribution is 2.20. The smallest absolute Gasteiger partial charge is 0.325 e. The lowest BCUT2D eigenvalue weighted by atomic mass is 10.1. The van der Waals surface area contributed by atoms with E-state index in [1.165, 1.54) is 11.8 Å². The number of rotatable bonds is 13. The Morgan fingerprint density at radius 1 is 1.13 bits per heavy atom. The van der Waals surface area contributed by atoms with Gasteiger partial charge in [0.05, 0.1) is 6.04 Å². The maximum Gasteiger partial charge on any atom is 0.325 e. The minimum absolute atomic E-state index is 0.0359. The van der Waals surface area contributed by atoms with Gasteiger partial charge < -0.3 is 37.8 Å². The van der Waals surface area contributed by atoms with Crippen LogP contribution in [0.5, 0.6) is 0 Å². The van der Waals surface area contributed by atoms with Crippen LogP contribution in [0.25, 0.3) is 0 Å². The Morgan fingerprint density at radius 3 is 2.39 bits per heavy atom. The lowest BCUT2D eigenvalue weighted by Gasteiger charge is -2.29. The molecule has 176 valence electrons. The normalized spacial score (nSPS) is 18.7. The standard InChI is InChI=1S/C19H34N6O6/c1-11(19(30)31)23-17(28)14-6-4-10-25(14)18(29)13(7-8-15(22)26)24-16(27)12(21)5-2-3-9-20/h11-14H,2-10,20-21H2,1H3,(H2,22,26)(H,23,28)(H,24,27)(H,30,31). The molecular weight excluding hydrogens is 408 g/mol. The van der Waals surface area contributed by atoms with E-state index in [0.717, 1.165) is 0 Å². The predicted molar refractivity (Wildman–Crippen MR) is 111 cm³/mol. The molecule has 1 heterocycles. The van der Waals surface area contributed by atoms with Crippen LogP contribution in [0.15, 0.2) is 0 Å². The molecule has 4 atom stereocenters. The van der Waals surface area contributed by atoms with E-state index in [2.05, 4.69) is 10.6 Å². The van der Waals surface area contributed by atoms with E-state index in [9.17, 15) is 24.0 Å². The zero-order chi connectivity index (χ0) is 23.6. The number of nitrogens with two attached hydrogens (primary N) is 3. The summed E-state index contributed by atoms with van der Waals surface area (Å²) >= 11 is 0. The van der Waals surface area contributed by atoms with Gasteiger partial charge in [0, 0.05) is 13.0 Å². The lowest BCUT2D eigenvalue weighted by Crippen LogP contribution is -2.56. The van der Waals surface area contributed by atoms with Crippen molar-refractivity contribution in [1.29, 1.82) is 0 Å². The van der Waals surface area contributed by atoms with Gasteiger partial charge in [-0.3, -0.25) is 24.0 Å². The van der Waals surface area contributed by atoms with Crippen LogP contribution in [0.4, 0.5) is 0 Å².